The molecule has 0 spiro atoms. The van der Waals surface area contributed by atoms with Crippen LogP contribution < -0.4 is 16.4 Å². The van der Waals surface area contributed by atoms with Crippen molar-refractivity contribution < 1.29 is 9.59 Å². The third-order valence-electron chi connectivity index (χ3n) is 2.92. The Morgan fingerprint density at radius 1 is 1.00 bits per heavy atom. The first-order chi connectivity index (χ1) is 10.1. The van der Waals surface area contributed by atoms with E-state index in [0.717, 1.165) is 5.56 Å². The van der Waals surface area contributed by atoms with Crippen molar-refractivity contribution in [2.75, 3.05) is 17.2 Å². The molecule has 0 saturated carbocycles. The number of rotatable bonds is 4. The van der Waals surface area contributed by atoms with E-state index in [0.29, 0.717) is 16.9 Å². The van der Waals surface area contributed by atoms with Crippen LogP contribution >= 0.6 is 0 Å². The number of carbonyl (C=O) groups excluding carboxylic acids is 2. The maximum atomic E-state index is 12.2. The lowest BCUT2D eigenvalue weighted by Crippen LogP contribution is -2.23. The second-order valence-electron chi connectivity index (χ2n) is 4.62. The molecule has 0 aliphatic carbocycles. The minimum atomic E-state index is -0.313. The van der Waals surface area contributed by atoms with Crippen LogP contribution in [0.3, 0.4) is 0 Å². The van der Waals surface area contributed by atoms with Crippen molar-refractivity contribution in [3.63, 3.8) is 0 Å². The molecule has 0 radical (unpaired) electrons. The molecule has 108 valence electrons. The Morgan fingerprint density at radius 2 is 1.67 bits per heavy atom. The van der Waals surface area contributed by atoms with Gasteiger partial charge < -0.3 is 16.4 Å². The molecule has 0 aromatic heterocycles. The van der Waals surface area contributed by atoms with E-state index < -0.39 is 0 Å². The minimum absolute atomic E-state index is 0.111. The van der Waals surface area contributed by atoms with Gasteiger partial charge in [0.05, 0.1) is 17.9 Å². The zero-order valence-electron chi connectivity index (χ0n) is 11.7. The first-order valence-electron chi connectivity index (χ1n) is 6.57. The van der Waals surface area contributed by atoms with Gasteiger partial charge in [0.2, 0.25) is 5.91 Å². The predicted octanol–water partition coefficient (Wildman–Crippen LogP) is 2.14. The van der Waals surface area contributed by atoms with Crippen molar-refractivity contribution in [1.82, 2.24) is 0 Å². The number of amides is 2. The largest absolute Gasteiger partial charge is 0.323 e. The summed E-state index contributed by atoms with van der Waals surface area (Å²) in [7, 11) is 0. The quantitative estimate of drug-likeness (QED) is 0.803. The van der Waals surface area contributed by atoms with Crippen molar-refractivity contribution in [3.05, 3.63) is 59.7 Å². The monoisotopic (exact) mass is 283 g/mol. The highest BCUT2D eigenvalue weighted by atomic mass is 16.2. The molecule has 4 N–H and O–H groups in total. The van der Waals surface area contributed by atoms with Gasteiger partial charge in [0.15, 0.2) is 0 Å². The second-order valence-corrected chi connectivity index (χ2v) is 4.62. The lowest BCUT2D eigenvalue weighted by Gasteiger charge is -2.12. The SMILES string of the molecule is Cc1cccc(C(=O)Nc2ccccc2NC(=O)CN)c1. The molecule has 0 unspecified atom stereocenters. The van der Waals surface area contributed by atoms with Crippen LogP contribution in [-0.4, -0.2) is 18.4 Å². The standard InChI is InChI=1S/C16H17N3O2/c1-11-5-4-6-12(9-11)16(21)19-14-8-3-2-7-13(14)18-15(20)10-17/h2-9H,10,17H2,1H3,(H,18,20)(H,19,21). The predicted molar refractivity (Wildman–Crippen MR) is 83.3 cm³/mol. The number of carbonyl (C=O) groups is 2. The maximum Gasteiger partial charge on any atom is 0.255 e. The Kier molecular flexibility index (Phi) is 4.68. The number of nitrogens with two attached hydrogens (primary N) is 1. The maximum absolute atomic E-state index is 12.2. The molecule has 0 heterocycles. The Morgan fingerprint density at radius 3 is 2.29 bits per heavy atom. The summed E-state index contributed by atoms with van der Waals surface area (Å²) in [5.74, 6) is -0.541. The zero-order chi connectivity index (χ0) is 15.2. The normalized spacial score (nSPS) is 10.0. The molecule has 0 saturated heterocycles. The van der Waals surface area contributed by atoms with Gasteiger partial charge in [-0.15, -0.1) is 0 Å². The molecule has 5 nitrogen and oxygen atoms in total. The molecule has 0 bridgehead atoms. The number of benzene rings is 2. The summed E-state index contributed by atoms with van der Waals surface area (Å²) in [5, 5.41) is 5.44. The average molecular weight is 283 g/mol. The van der Waals surface area contributed by atoms with Crippen LogP contribution in [0.4, 0.5) is 11.4 Å². The van der Waals surface area contributed by atoms with Crippen molar-refractivity contribution >= 4 is 23.2 Å². The van der Waals surface area contributed by atoms with Gasteiger partial charge in [-0.2, -0.15) is 0 Å². The summed E-state index contributed by atoms with van der Waals surface area (Å²) < 4.78 is 0. The Balaban J connectivity index is 2.19. The van der Waals surface area contributed by atoms with Crippen LogP contribution in [-0.2, 0) is 4.79 Å². The number of anilines is 2. The van der Waals surface area contributed by atoms with Gasteiger partial charge in [-0.05, 0) is 31.2 Å². The number of hydrogen-bond donors (Lipinski definition) is 3. The second kappa shape index (κ2) is 6.67. The molecule has 0 aliphatic heterocycles. The topological polar surface area (TPSA) is 84.2 Å². The zero-order valence-corrected chi connectivity index (χ0v) is 11.7. The van der Waals surface area contributed by atoms with Gasteiger partial charge in [-0.3, -0.25) is 9.59 Å². The van der Waals surface area contributed by atoms with Gasteiger partial charge in [0, 0.05) is 5.56 Å². The van der Waals surface area contributed by atoms with Crippen molar-refractivity contribution in [2.45, 2.75) is 6.92 Å². The number of hydrogen-bond acceptors (Lipinski definition) is 3. The molecule has 0 fully saturated rings. The molecule has 5 heteroatoms. The lowest BCUT2D eigenvalue weighted by molar-refractivity contribution is -0.114. The molecule has 2 amide bonds. The first kappa shape index (κ1) is 14.7. The molecule has 0 aliphatic rings. The summed E-state index contributed by atoms with van der Waals surface area (Å²) in [4.78, 5) is 23.6. The number of aryl methyl sites for hydroxylation is 1. The van der Waals surface area contributed by atoms with E-state index >= 15 is 0 Å². The molecule has 2 rings (SSSR count). The molecular formula is C16H17N3O2. The van der Waals surface area contributed by atoms with Gasteiger partial charge in [-0.1, -0.05) is 29.8 Å². The van der Waals surface area contributed by atoms with E-state index in [1.807, 2.05) is 19.1 Å². The molecule has 2 aromatic rings. The third kappa shape index (κ3) is 3.90. The van der Waals surface area contributed by atoms with Crippen molar-refractivity contribution in [3.8, 4) is 0 Å². The first-order valence-corrected chi connectivity index (χ1v) is 6.57. The highest BCUT2D eigenvalue weighted by Gasteiger charge is 2.10. The molecule has 2 aromatic carbocycles. The fourth-order valence-electron chi connectivity index (χ4n) is 1.88. The van der Waals surface area contributed by atoms with Crippen LogP contribution in [0.5, 0.6) is 0 Å². The van der Waals surface area contributed by atoms with Crippen LogP contribution in [0.15, 0.2) is 48.5 Å². The van der Waals surface area contributed by atoms with Gasteiger partial charge in [0.1, 0.15) is 0 Å². The summed E-state index contributed by atoms with van der Waals surface area (Å²) >= 11 is 0. The highest BCUT2D eigenvalue weighted by molar-refractivity contribution is 6.07. The van der Waals surface area contributed by atoms with Crippen molar-refractivity contribution in [1.29, 1.82) is 0 Å². The van der Waals surface area contributed by atoms with E-state index in [1.54, 1.807) is 36.4 Å². The number of nitrogens with one attached hydrogen (secondary N) is 2. The third-order valence-corrected chi connectivity index (χ3v) is 2.92. The van der Waals surface area contributed by atoms with E-state index in [9.17, 15) is 9.59 Å². The summed E-state index contributed by atoms with van der Waals surface area (Å²) in [6, 6.07) is 14.3. The fourth-order valence-corrected chi connectivity index (χ4v) is 1.88. The lowest BCUT2D eigenvalue weighted by atomic mass is 10.1. The van der Waals surface area contributed by atoms with Gasteiger partial charge >= 0.3 is 0 Å². The molecular weight excluding hydrogens is 266 g/mol. The Bertz CT molecular complexity index is 668. The van der Waals surface area contributed by atoms with E-state index in [1.165, 1.54) is 0 Å². The summed E-state index contributed by atoms with van der Waals surface area (Å²) in [6.45, 7) is 1.81. The average Bonchev–Trinajstić information content (AvgIpc) is 2.49. The van der Waals surface area contributed by atoms with E-state index in [4.69, 9.17) is 5.73 Å². The highest BCUT2D eigenvalue weighted by Crippen LogP contribution is 2.21. The van der Waals surface area contributed by atoms with Crippen LogP contribution in [0.1, 0.15) is 15.9 Å². The van der Waals surface area contributed by atoms with Gasteiger partial charge in [-0.25, -0.2) is 0 Å². The van der Waals surface area contributed by atoms with E-state index in [-0.39, 0.29) is 18.4 Å². The number of para-hydroxylation sites is 2. The van der Waals surface area contributed by atoms with Crippen LogP contribution in [0.2, 0.25) is 0 Å². The van der Waals surface area contributed by atoms with Gasteiger partial charge in [0.25, 0.3) is 5.91 Å². The van der Waals surface area contributed by atoms with Crippen LogP contribution in [0.25, 0.3) is 0 Å². The summed E-state index contributed by atoms with van der Waals surface area (Å²) in [6.07, 6.45) is 0. The summed E-state index contributed by atoms with van der Waals surface area (Å²) in [5.41, 5.74) is 7.91. The van der Waals surface area contributed by atoms with Crippen molar-refractivity contribution in [2.24, 2.45) is 5.73 Å². The Labute approximate surface area is 123 Å². The Hall–Kier alpha value is -2.66. The fraction of sp³-hybridized carbons (Fsp3) is 0.125. The molecule has 0 atom stereocenters. The van der Waals surface area contributed by atoms with Crippen LogP contribution in [0, 0.1) is 6.92 Å². The van der Waals surface area contributed by atoms with E-state index in [2.05, 4.69) is 10.6 Å². The minimum Gasteiger partial charge on any atom is -0.323 e. The molecule has 21 heavy (non-hydrogen) atoms. The smallest absolute Gasteiger partial charge is 0.255 e.